The Morgan fingerprint density at radius 1 is 1.20 bits per heavy atom. The van der Waals surface area contributed by atoms with Gasteiger partial charge in [0.15, 0.2) is 0 Å². The van der Waals surface area contributed by atoms with Gasteiger partial charge in [0.1, 0.15) is 0 Å². The quantitative estimate of drug-likeness (QED) is 0.531. The van der Waals surface area contributed by atoms with Gasteiger partial charge in [-0.05, 0) is 49.9 Å². The summed E-state index contributed by atoms with van der Waals surface area (Å²) in [6.45, 7) is 11.2. The summed E-state index contributed by atoms with van der Waals surface area (Å²) >= 11 is 0. The summed E-state index contributed by atoms with van der Waals surface area (Å²) in [5, 5.41) is 0. The van der Waals surface area contributed by atoms with E-state index in [1.807, 2.05) is 0 Å². The van der Waals surface area contributed by atoms with Gasteiger partial charge >= 0.3 is 0 Å². The van der Waals surface area contributed by atoms with E-state index in [-0.39, 0.29) is 0 Å². The van der Waals surface area contributed by atoms with Crippen molar-refractivity contribution in [1.82, 2.24) is 0 Å². The first-order valence-electron chi connectivity index (χ1n) is 6.44. The molecule has 0 amide bonds. The fourth-order valence-corrected chi connectivity index (χ4v) is 2.25. The molecule has 1 aliphatic carbocycles. The highest BCUT2D eigenvalue weighted by atomic mass is 14.2. The molecule has 0 nitrogen and oxygen atoms in total. The van der Waals surface area contributed by atoms with Crippen LogP contribution in [0.4, 0.5) is 0 Å². The Bertz CT molecular complexity index is 222. The number of rotatable bonds is 1. The summed E-state index contributed by atoms with van der Waals surface area (Å²) in [4.78, 5) is 0. The van der Waals surface area contributed by atoms with E-state index in [4.69, 9.17) is 0 Å². The maximum Gasteiger partial charge on any atom is -0.0207 e. The first-order chi connectivity index (χ1) is 7.09. The number of hydrogen-bond acceptors (Lipinski definition) is 0. The molecule has 0 aromatic carbocycles. The van der Waals surface area contributed by atoms with Crippen molar-refractivity contribution >= 4 is 0 Å². The summed E-state index contributed by atoms with van der Waals surface area (Å²) < 4.78 is 0. The zero-order chi connectivity index (χ0) is 11.3. The minimum atomic E-state index is 0.747. The maximum absolute atomic E-state index is 4.18. The van der Waals surface area contributed by atoms with Crippen LogP contribution in [-0.4, -0.2) is 0 Å². The van der Waals surface area contributed by atoms with E-state index >= 15 is 0 Å². The first kappa shape index (κ1) is 12.5. The predicted octanol–water partition coefficient (Wildman–Crippen LogP) is 4.97. The normalized spacial score (nSPS) is 29.5. The van der Waals surface area contributed by atoms with E-state index in [1.165, 1.54) is 37.7 Å². The standard InChI is InChI=1S/C15H26/c1-12(2)15-10-8-13(3)6-5-7-14(4)9-11-15/h9,11-12,14-15H,3,5-8,10H2,1-2,4H3. The SMILES string of the molecule is C=C1CCCC(C)C=CC(C(C)C)CC1. The van der Waals surface area contributed by atoms with Crippen molar-refractivity contribution in [1.29, 1.82) is 0 Å². The fraction of sp³-hybridized carbons (Fsp3) is 0.733. The molecule has 0 heterocycles. The molecule has 86 valence electrons. The van der Waals surface area contributed by atoms with Crippen molar-refractivity contribution in [3.63, 3.8) is 0 Å². The molecule has 0 aromatic rings. The second-order valence-corrected chi connectivity index (χ2v) is 5.45. The minimum absolute atomic E-state index is 0.747. The van der Waals surface area contributed by atoms with Crippen LogP contribution in [-0.2, 0) is 0 Å². The van der Waals surface area contributed by atoms with Gasteiger partial charge in [0, 0.05) is 0 Å². The van der Waals surface area contributed by atoms with E-state index in [0.29, 0.717) is 0 Å². The molecule has 0 saturated heterocycles. The van der Waals surface area contributed by atoms with Gasteiger partial charge in [0.25, 0.3) is 0 Å². The molecule has 15 heavy (non-hydrogen) atoms. The Morgan fingerprint density at radius 3 is 2.60 bits per heavy atom. The van der Waals surface area contributed by atoms with Crippen LogP contribution in [0.25, 0.3) is 0 Å². The Hall–Kier alpha value is -0.520. The van der Waals surface area contributed by atoms with Crippen LogP contribution in [0.5, 0.6) is 0 Å². The average molecular weight is 206 g/mol. The second kappa shape index (κ2) is 6.15. The highest BCUT2D eigenvalue weighted by molar-refractivity contribution is 5.00. The summed E-state index contributed by atoms with van der Waals surface area (Å²) in [5.41, 5.74) is 1.46. The predicted molar refractivity (Wildman–Crippen MR) is 68.9 cm³/mol. The third-order valence-corrected chi connectivity index (χ3v) is 3.56. The van der Waals surface area contributed by atoms with Crippen LogP contribution >= 0.6 is 0 Å². The van der Waals surface area contributed by atoms with Crippen molar-refractivity contribution < 1.29 is 0 Å². The van der Waals surface area contributed by atoms with Crippen LogP contribution in [0.3, 0.4) is 0 Å². The number of allylic oxidation sites excluding steroid dienone is 3. The van der Waals surface area contributed by atoms with Gasteiger partial charge in [0.2, 0.25) is 0 Å². The lowest BCUT2D eigenvalue weighted by Gasteiger charge is -2.20. The zero-order valence-electron chi connectivity index (χ0n) is 10.6. The molecule has 0 saturated carbocycles. The van der Waals surface area contributed by atoms with Crippen molar-refractivity contribution in [2.24, 2.45) is 17.8 Å². The lowest BCUT2D eigenvalue weighted by atomic mass is 9.86. The average Bonchev–Trinajstić information content (AvgIpc) is 2.16. The third kappa shape index (κ3) is 4.68. The van der Waals surface area contributed by atoms with Gasteiger partial charge in [-0.1, -0.05) is 45.1 Å². The molecule has 2 atom stereocenters. The molecular weight excluding hydrogens is 180 g/mol. The van der Waals surface area contributed by atoms with Gasteiger partial charge in [-0.15, -0.1) is 0 Å². The van der Waals surface area contributed by atoms with E-state index in [0.717, 1.165) is 17.8 Å². The lowest BCUT2D eigenvalue weighted by molar-refractivity contribution is 0.426. The highest BCUT2D eigenvalue weighted by Crippen LogP contribution is 2.26. The molecule has 2 unspecified atom stereocenters. The first-order valence-corrected chi connectivity index (χ1v) is 6.44. The fourth-order valence-electron chi connectivity index (χ4n) is 2.25. The molecule has 0 radical (unpaired) electrons. The Labute approximate surface area is 95.5 Å². The molecule has 0 bridgehead atoms. The molecule has 0 aliphatic heterocycles. The molecule has 0 spiro atoms. The van der Waals surface area contributed by atoms with Crippen molar-refractivity contribution in [2.75, 3.05) is 0 Å². The Balaban J connectivity index is 2.63. The Kier molecular flexibility index (Phi) is 5.14. The highest BCUT2D eigenvalue weighted by Gasteiger charge is 2.12. The molecular formula is C15H26. The van der Waals surface area contributed by atoms with Crippen LogP contribution < -0.4 is 0 Å². The lowest BCUT2D eigenvalue weighted by Crippen LogP contribution is -2.07. The molecule has 0 N–H and O–H groups in total. The van der Waals surface area contributed by atoms with E-state index in [9.17, 15) is 0 Å². The molecule has 1 rings (SSSR count). The topological polar surface area (TPSA) is 0 Å². The van der Waals surface area contributed by atoms with E-state index < -0.39 is 0 Å². The summed E-state index contributed by atoms with van der Waals surface area (Å²) in [6, 6.07) is 0. The number of hydrogen-bond donors (Lipinski definition) is 0. The minimum Gasteiger partial charge on any atom is -0.0999 e. The smallest absolute Gasteiger partial charge is 0.0207 e. The van der Waals surface area contributed by atoms with Crippen molar-refractivity contribution in [3.8, 4) is 0 Å². The second-order valence-electron chi connectivity index (χ2n) is 5.45. The Morgan fingerprint density at radius 2 is 1.93 bits per heavy atom. The monoisotopic (exact) mass is 206 g/mol. The van der Waals surface area contributed by atoms with Crippen LogP contribution in [0, 0.1) is 17.8 Å². The van der Waals surface area contributed by atoms with Gasteiger partial charge < -0.3 is 0 Å². The molecule has 0 fully saturated rings. The molecule has 0 aromatic heterocycles. The zero-order valence-corrected chi connectivity index (χ0v) is 10.6. The molecule has 0 heteroatoms. The van der Waals surface area contributed by atoms with Crippen molar-refractivity contribution in [3.05, 3.63) is 24.3 Å². The van der Waals surface area contributed by atoms with Crippen LogP contribution in [0.1, 0.15) is 52.9 Å². The third-order valence-electron chi connectivity index (χ3n) is 3.56. The summed E-state index contributed by atoms with van der Waals surface area (Å²) in [7, 11) is 0. The maximum atomic E-state index is 4.18. The summed E-state index contributed by atoms with van der Waals surface area (Å²) in [5.74, 6) is 2.26. The van der Waals surface area contributed by atoms with Gasteiger partial charge in [-0.3, -0.25) is 0 Å². The summed E-state index contributed by atoms with van der Waals surface area (Å²) in [6.07, 6.45) is 11.3. The van der Waals surface area contributed by atoms with E-state index in [1.54, 1.807) is 0 Å². The van der Waals surface area contributed by atoms with Crippen LogP contribution in [0.2, 0.25) is 0 Å². The van der Waals surface area contributed by atoms with Crippen LogP contribution in [0.15, 0.2) is 24.3 Å². The van der Waals surface area contributed by atoms with Gasteiger partial charge in [0.05, 0.1) is 0 Å². The molecule has 1 aliphatic rings. The van der Waals surface area contributed by atoms with Crippen molar-refractivity contribution in [2.45, 2.75) is 52.9 Å². The largest absolute Gasteiger partial charge is 0.0999 e. The van der Waals surface area contributed by atoms with Gasteiger partial charge in [-0.2, -0.15) is 0 Å². The van der Waals surface area contributed by atoms with Gasteiger partial charge in [-0.25, -0.2) is 0 Å². The van der Waals surface area contributed by atoms with E-state index in [2.05, 4.69) is 39.5 Å².